The molecular weight excluding hydrogens is 146 g/mol. The van der Waals surface area contributed by atoms with Gasteiger partial charge in [-0.3, -0.25) is 5.32 Å². The minimum absolute atomic E-state index is 0.0843. The number of rotatable bonds is 4. The van der Waals surface area contributed by atoms with E-state index in [0.717, 1.165) is 0 Å². The standard InChI is InChI=1S/C7H13NO3/c1-2-11-7(10)8-5-3-4-6-9/h3,5,9H,2,4,6H2,1H3,(H,8,10). The van der Waals surface area contributed by atoms with Crippen molar-refractivity contribution in [3.63, 3.8) is 0 Å². The third-order valence-corrected chi connectivity index (χ3v) is 0.890. The van der Waals surface area contributed by atoms with E-state index in [0.29, 0.717) is 13.0 Å². The summed E-state index contributed by atoms with van der Waals surface area (Å²) in [6.45, 7) is 2.18. The number of aliphatic hydroxyl groups excluding tert-OH is 1. The number of aliphatic hydroxyl groups is 1. The van der Waals surface area contributed by atoms with E-state index in [1.165, 1.54) is 6.20 Å². The maximum atomic E-state index is 10.6. The molecular formula is C7H13NO3. The number of hydrogen-bond acceptors (Lipinski definition) is 3. The van der Waals surface area contributed by atoms with Gasteiger partial charge in [0, 0.05) is 12.8 Å². The van der Waals surface area contributed by atoms with Gasteiger partial charge < -0.3 is 9.84 Å². The van der Waals surface area contributed by atoms with E-state index in [-0.39, 0.29) is 6.61 Å². The zero-order chi connectivity index (χ0) is 8.53. The van der Waals surface area contributed by atoms with Crippen molar-refractivity contribution in [1.29, 1.82) is 0 Å². The van der Waals surface area contributed by atoms with E-state index in [2.05, 4.69) is 10.1 Å². The molecule has 4 nitrogen and oxygen atoms in total. The molecule has 0 atom stereocenters. The van der Waals surface area contributed by atoms with Crippen molar-refractivity contribution in [2.45, 2.75) is 13.3 Å². The normalized spacial score (nSPS) is 10.0. The van der Waals surface area contributed by atoms with Crippen LogP contribution >= 0.6 is 0 Å². The molecule has 0 heterocycles. The summed E-state index contributed by atoms with van der Waals surface area (Å²) < 4.78 is 4.56. The predicted octanol–water partition coefficient (Wildman–Crippen LogP) is 0.629. The highest BCUT2D eigenvalue weighted by atomic mass is 16.5. The van der Waals surface area contributed by atoms with Crippen molar-refractivity contribution in [2.75, 3.05) is 13.2 Å². The van der Waals surface area contributed by atoms with Crippen LogP contribution in [0.3, 0.4) is 0 Å². The van der Waals surface area contributed by atoms with Crippen molar-refractivity contribution < 1.29 is 14.6 Å². The second-order valence-corrected chi connectivity index (χ2v) is 1.78. The van der Waals surface area contributed by atoms with Crippen LogP contribution in [0.15, 0.2) is 12.3 Å². The lowest BCUT2D eigenvalue weighted by molar-refractivity contribution is 0.156. The van der Waals surface area contributed by atoms with Gasteiger partial charge in [0.15, 0.2) is 0 Å². The molecule has 0 aromatic heterocycles. The summed E-state index contributed by atoms with van der Waals surface area (Å²) in [5, 5.41) is 10.7. The topological polar surface area (TPSA) is 58.6 Å². The molecule has 0 radical (unpaired) electrons. The van der Waals surface area contributed by atoms with E-state index in [1.54, 1.807) is 13.0 Å². The highest BCUT2D eigenvalue weighted by Crippen LogP contribution is 1.79. The van der Waals surface area contributed by atoms with Gasteiger partial charge in [0.1, 0.15) is 0 Å². The average molecular weight is 159 g/mol. The maximum absolute atomic E-state index is 10.6. The van der Waals surface area contributed by atoms with Crippen LogP contribution in [-0.2, 0) is 4.74 Å². The summed E-state index contributed by atoms with van der Waals surface area (Å²) in [4.78, 5) is 10.6. The first-order valence-corrected chi connectivity index (χ1v) is 3.50. The van der Waals surface area contributed by atoms with Crippen LogP contribution in [0.25, 0.3) is 0 Å². The van der Waals surface area contributed by atoms with Crippen molar-refractivity contribution in [2.24, 2.45) is 0 Å². The number of hydrogen-bond donors (Lipinski definition) is 2. The second-order valence-electron chi connectivity index (χ2n) is 1.78. The Morgan fingerprint density at radius 1 is 1.73 bits per heavy atom. The lowest BCUT2D eigenvalue weighted by Crippen LogP contribution is -2.18. The Morgan fingerprint density at radius 2 is 2.45 bits per heavy atom. The van der Waals surface area contributed by atoms with E-state index < -0.39 is 6.09 Å². The highest BCUT2D eigenvalue weighted by molar-refractivity contribution is 5.68. The monoisotopic (exact) mass is 159 g/mol. The van der Waals surface area contributed by atoms with Gasteiger partial charge in [-0.25, -0.2) is 4.79 Å². The molecule has 0 aromatic carbocycles. The third kappa shape index (κ3) is 6.86. The molecule has 0 aromatic rings. The molecule has 64 valence electrons. The van der Waals surface area contributed by atoms with Crippen LogP contribution < -0.4 is 5.32 Å². The molecule has 0 unspecified atom stereocenters. The van der Waals surface area contributed by atoms with E-state index in [4.69, 9.17) is 5.11 Å². The zero-order valence-corrected chi connectivity index (χ0v) is 6.54. The minimum Gasteiger partial charge on any atom is -0.450 e. The Morgan fingerprint density at radius 3 is 3.00 bits per heavy atom. The molecule has 1 amide bonds. The summed E-state index contributed by atoms with van der Waals surface area (Å²) in [5.41, 5.74) is 0. The van der Waals surface area contributed by atoms with E-state index in [9.17, 15) is 4.79 Å². The number of ether oxygens (including phenoxy) is 1. The molecule has 0 fully saturated rings. The lowest BCUT2D eigenvalue weighted by atomic mass is 10.4. The van der Waals surface area contributed by atoms with Crippen LogP contribution in [0.1, 0.15) is 13.3 Å². The van der Waals surface area contributed by atoms with Gasteiger partial charge in [-0.2, -0.15) is 0 Å². The van der Waals surface area contributed by atoms with Crippen LogP contribution in [0.4, 0.5) is 4.79 Å². The largest absolute Gasteiger partial charge is 0.450 e. The molecule has 0 bridgehead atoms. The average Bonchev–Trinajstić information content (AvgIpc) is 1.99. The van der Waals surface area contributed by atoms with Gasteiger partial charge in [0.05, 0.1) is 6.61 Å². The Bertz CT molecular complexity index is 134. The Balaban J connectivity index is 3.29. The molecule has 4 heteroatoms. The van der Waals surface area contributed by atoms with Gasteiger partial charge >= 0.3 is 6.09 Å². The summed E-state index contributed by atoms with van der Waals surface area (Å²) in [7, 11) is 0. The molecule has 0 spiro atoms. The molecule has 11 heavy (non-hydrogen) atoms. The number of alkyl carbamates (subject to hydrolysis) is 1. The SMILES string of the molecule is CCOC(=O)NC=CCCO. The minimum atomic E-state index is -0.471. The molecule has 0 saturated carbocycles. The van der Waals surface area contributed by atoms with E-state index >= 15 is 0 Å². The molecule has 0 aliphatic carbocycles. The van der Waals surface area contributed by atoms with Crippen LogP contribution in [0.2, 0.25) is 0 Å². The van der Waals surface area contributed by atoms with Crippen LogP contribution in [0, 0.1) is 0 Å². The predicted molar refractivity (Wildman–Crippen MR) is 41.0 cm³/mol. The first-order valence-electron chi connectivity index (χ1n) is 3.50. The Labute approximate surface area is 65.9 Å². The smallest absolute Gasteiger partial charge is 0.411 e. The van der Waals surface area contributed by atoms with Crippen molar-refractivity contribution in [1.82, 2.24) is 5.32 Å². The number of nitrogens with one attached hydrogen (secondary N) is 1. The van der Waals surface area contributed by atoms with Gasteiger partial charge in [-0.1, -0.05) is 6.08 Å². The van der Waals surface area contributed by atoms with Gasteiger partial charge in [-0.05, 0) is 13.3 Å². The quantitative estimate of drug-likeness (QED) is 0.632. The summed E-state index contributed by atoms with van der Waals surface area (Å²) in [5.74, 6) is 0. The van der Waals surface area contributed by atoms with Crippen molar-refractivity contribution in [3.8, 4) is 0 Å². The van der Waals surface area contributed by atoms with Crippen LogP contribution in [0.5, 0.6) is 0 Å². The number of carbonyl (C=O) groups excluding carboxylic acids is 1. The zero-order valence-electron chi connectivity index (χ0n) is 6.54. The van der Waals surface area contributed by atoms with E-state index in [1.807, 2.05) is 0 Å². The van der Waals surface area contributed by atoms with Crippen molar-refractivity contribution in [3.05, 3.63) is 12.3 Å². The third-order valence-electron chi connectivity index (χ3n) is 0.890. The van der Waals surface area contributed by atoms with Gasteiger partial charge in [0.2, 0.25) is 0 Å². The number of carbonyl (C=O) groups is 1. The van der Waals surface area contributed by atoms with Crippen molar-refractivity contribution >= 4 is 6.09 Å². The fourth-order valence-corrected chi connectivity index (χ4v) is 0.458. The fraction of sp³-hybridized carbons (Fsp3) is 0.571. The summed E-state index contributed by atoms with van der Waals surface area (Å²) >= 11 is 0. The molecule has 0 aliphatic rings. The highest BCUT2D eigenvalue weighted by Gasteiger charge is 1.92. The Kier molecular flexibility index (Phi) is 6.42. The number of amides is 1. The molecule has 0 aliphatic heterocycles. The molecule has 2 N–H and O–H groups in total. The van der Waals surface area contributed by atoms with Crippen LogP contribution in [-0.4, -0.2) is 24.4 Å². The first kappa shape index (κ1) is 9.97. The van der Waals surface area contributed by atoms with Gasteiger partial charge in [0.25, 0.3) is 0 Å². The van der Waals surface area contributed by atoms with Gasteiger partial charge in [-0.15, -0.1) is 0 Å². The fourth-order valence-electron chi connectivity index (χ4n) is 0.458. The maximum Gasteiger partial charge on any atom is 0.411 e. The molecule has 0 saturated heterocycles. The molecule has 0 rings (SSSR count). The lowest BCUT2D eigenvalue weighted by Gasteiger charge is -1.98. The Hall–Kier alpha value is -1.03. The first-order chi connectivity index (χ1) is 5.31. The summed E-state index contributed by atoms with van der Waals surface area (Å²) in [6.07, 6.45) is 3.17. The summed E-state index contributed by atoms with van der Waals surface area (Å²) in [6, 6.07) is 0. The second kappa shape index (κ2) is 7.08.